The predicted octanol–water partition coefficient (Wildman–Crippen LogP) is 1.65. The van der Waals surface area contributed by atoms with Gasteiger partial charge in [0.25, 0.3) is 0 Å². The first-order chi connectivity index (χ1) is 9.26. The van der Waals surface area contributed by atoms with Gasteiger partial charge in [-0.1, -0.05) is 6.07 Å². The summed E-state index contributed by atoms with van der Waals surface area (Å²) in [5.74, 6) is 1.10. The lowest BCUT2D eigenvalue weighted by Crippen LogP contribution is -2.18. The van der Waals surface area contributed by atoms with Crippen LogP contribution in [0, 0.1) is 0 Å². The van der Waals surface area contributed by atoms with Crippen LogP contribution in [-0.4, -0.2) is 21.6 Å². The first-order valence-corrected chi connectivity index (χ1v) is 6.84. The van der Waals surface area contributed by atoms with Gasteiger partial charge < -0.3 is 11.1 Å². The van der Waals surface area contributed by atoms with Crippen molar-refractivity contribution in [3.8, 4) is 11.3 Å². The lowest BCUT2D eigenvalue weighted by atomic mass is 10.1. The molecule has 3 N–H and O–H groups in total. The molecule has 5 nitrogen and oxygen atoms in total. The van der Waals surface area contributed by atoms with Gasteiger partial charge in [-0.2, -0.15) is 0 Å². The first kappa shape index (κ1) is 12.1. The second-order valence-electron chi connectivity index (χ2n) is 4.11. The summed E-state index contributed by atoms with van der Waals surface area (Å²) in [7, 11) is 0. The second kappa shape index (κ2) is 4.99. The molecule has 0 saturated carbocycles. The van der Waals surface area contributed by atoms with Crippen LogP contribution in [0.4, 0.5) is 5.69 Å². The molecule has 0 bridgehead atoms. The number of carbonyl (C=O) groups excluding carboxylic acids is 1. The summed E-state index contributed by atoms with van der Waals surface area (Å²) < 4.78 is 0. The Labute approximate surface area is 114 Å². The molecule has 1 aromatic heterocycles. The number of fused-ring (bicyclic) bond motifs is 1. The molecule has 0 unspecified atom stereocenters. The van der Waals surface area contributed by atoms with Crippen LogP contribution in [0.3, 0.4) is 0 Å². The number of carbonyl (C=O) groups is 1. The molecule has 3 rings (SSSR count). The number of nitrogens with zero attached hydrogens (tertiary/aromatic N) is 2. The zero-order chi connectivity index (χ0) is 13.2. The number of hydrogen-bond acceptors (Lipinski definition) is 5. The van der Waals surface area contributed by atoms with Crippen LogP contribution >= 0.6 is 11.8 Å². The molecule has 0 aliphatic carbocycles. The summed E-state index contributed by atoms with van der Waals surface area (Å²) in [6.45, 7) is 0.311. The summed E-state index contributed by atoms with van der Waals surface area (Å²) in [6.07, 6.45) is 1.69. The molecular weight excluding hydrogens is 260 g/mol. The maximum Gasteiger partial charge on any atom is 0.234 e. The number of amides is 1. The van der Waals surface area contributed by atoms with E-state index >= 15 is 0 Å². The average Bonchev–Trinajstić information content (AvgIpc) is 2.46. The van der Waals surface area contributed by atoms with Crippen LogP contribution in [-0.2, 0) is 11.3 Å². The van der Waals surface area contributed by atoms with Gasteiger partial charge in [0.2, 0.25) is 5.91 Å². The predicted molar refractivity (Wildman–Crippen MR) is 74.7 cm³/mol. The Morgan fingerprint density at radius 3 is 3.11 bits per heavy atom. The van der Waals surface area contributed by atoms with E-state index in [9.17, 15) is 4.79 Å². The third kappa shape index (κ3) is 2.45. The highest BCUT2D eigenvalue weighted by Gasteiger charge is 2.16. The quantitative estimate of drug-likeness (QED) is 0.868. The van der Waals surface area contributed by atoms with Crippen molar-refractivity contribution in [3.63, 3.8) is 0 Å². The highest BCUT2D eigenvalue weighted by Crippen LogP contribution is 2.34. The highest BCUT2D eigenvalue weighted by atomic mass is 32.2. The van der Waals surface area contributed by atoms with Crippen molar-refractivity contribution in [2.45, 2.75) is 11.4 Å². The summed E-state index contributed by atoms with van der Waals surface area (Å²) in [6, 6.07) is 7.76. The van der Waals surface area contributed by atoms with Gasteiger partial charge in [-0.05, 0) is 18.2 Å². The third-order valence-electron chi connectivity index (χ3n) is 2.80. The molecule has 1 aliphatic rings. The minimum absolute atomic E-state index is 0.0278. The summed E-state index contributed by atoms with van der Waals surface area (Å²) >= 11 is 1.54. The van der Waals surface area contributed by atoms with Gasteiger partial charge in [0.05, 0.1) is 23.7 Å². The molecule has 6 heteroatoms. The zero-order valence-electron chi connectivity index (χ0n) is 10.1. The Balaban J connectivity index is 2.01. The lowest BCUT2D eigenvalue weighted by Gasteiger charge is -2.17. The first-order valence-electron chi connectivity index (χ1n) is 5.85. The average molecular weight is 272 g/mol. The molecule has 2 heterocycles. The molecule has 0 radical (unpaired) electrons. The van der Waals surface area contributed by atoms with E-state index in [0.717, 1.165) is 21.8 Å². The molecular formula is C13H12N4OS. The minimum atomic E-state index is 0.0278. The number of benzene rings is 1. The molecule has 1 amide bonds. The standard InChI is InChI=1S/C13H12N4OS/c14-6-12-15-4-3-9(16-12)8-1-2-11-10(5-8)17-13(18)7-19-11/h1-5H,6-7,14H2,(H,17,18). The molecule has 1 aliphatic heterocycles. The summed E-state index contributed by atoms with van der Waals surface area (Å²) in [5, 5.41) is 2.87. The van der Waals surface area contributed by atoms with Crippen LogP contribution in [0.15, 0.2) is 35.4 Å². The number of rotatable bonds is 2. The van der Waals surface area contributed by atoms with Crippen molar-refractivity contribution in [2.24, 2.45) is 5.73 Å². The van der Waals surface area contributed by atoms with E-state index in [0.29, 0.717) is 18.1 Å². The number of thioether (sulfide) groups is 1. The number of aromatic nitrogens is 2. The summed E-state index contributed by atoms with van der Waals surface area (Å²) in [5.41, 5.74) is 8.13. The fraction of sp³-hybridized carbons (Fsp3) is 0.154. The van der Waals surface area contributed by atoms with E-state index < -0.39 is 0 Å². The highest BCUT2D eigenvalue weighted by molar-refractivity contribution is 8.00. The van der Waals surface area contributed by atoms with E-state index in [1.165, 1.54) is 0 Å². The van der Waals surface area contributed by atoms with Gasteiger partial charge in [-0.3, -0.25) is 4.79 Å². The van der Waals surface area contributed by atoms with Crippen molar-refractivity contribution in [1.82, 2.24) is 9.97 Å². The lowest BCUT2D eigenvalue weighted by molar-refractivity contribution is -0.113. The maximum atomic E-state index is 11.4. The van der Waals surface area contributed by atoms with Crippen LogP contribution < -0.4 is 11.1 Å². The number of hydrogen-bond donors (Lipinski definition) is 2. The van der Waals surface area contributed by atoms with Crippen molar-refractivity contribution in [1.29, 1.82) is 0 Å². The van der Waals surface area contributed by atoms with Crippen molar-refractivity contribution in [3.05, 3.63) is 36.3 Å². The second-order valence-corrected chi connectivity index (χ2v) is 5.13. The van der Waals surface area contributed by atoms with Gasteiger partial charge in [0.1, 0.15) is 5.82 Å². The largest absolute Gasteiger partial charge is 0.324 e. The Hall–Kier alpha value is -1.92. The minimum Gasteiger partial charge on any atom is -0.324 e. The smallest absolute Gasteiger partial charge is 0.234 e. The fourth-order valence-electron chi connectivity index (χ4n) is 1.90. The van der Waals surface area contributed by atoms with Gasteiger partial charge >= 0.3 is 0 Å². The van der Waals surface area contributed by atoms with E-state index in [-0.39, 0.29) is 5.91 Å². The normalized spacial score (nSPS) is 13.8. The SMILES string of the molecule is NCc1nccc(-c2ccc3c(c2)NC(=O)CS3)n1. The molecule has 0 fully saturated rings. The molecule has 0 atom stereocenters. The third-order valence-corrected chi connectivity index (χ3v) is 3.87. The van der Waals surface area contributed by atoms with Crippen LogP contribution in [0.5, 0.6) is 0 Å². The molecule has 0 saturated heterocycles. The molecule has 1 aromatic carbocycles. The van der Waals surface area contributed by atoms with E-state index in [4.69, 9.17) is 5.73 Å². The van der Waals surface area contributed by atoms with Crippen LogP contribution in [0.1, 0.15) is 5.82 Å². The zero-order valence-corrected chi connectivity index (χ0v) is 10.9. The number of anilines is 1. The Morgan fingerprint density at radius 2 is 2.26 bits per heavy atom. The van der Waals surface area contributed by atoms with Crippen molar-refractivity contribution >= 4 is 23.4 Å². The molecule has 96 valence electrons. The van der Waals surface area contributed by atoms with Gasteiger partial charge in [0.15, 0.2) is 0 Å². The maximum absolute atomic E-state index is 11.4. The Kier molecular flexibility index (Phi) is 3.18. The van der Waals surface area contributed by atoms with Gasteiger partial charge in [-0.15, -0.1) is 11.8 Å². The topological polar surface area (TPSA) is 80.9 Å². The van der Waals surface area contributed by atoms with Crippen LogP contribution in [0.25, 0.3) is 11.3 Å². The van der Waals surface area contributed by atoms with E-state index in [1.807, 2.05) is 24.3 Å². The van der Waals surface area contributed by atoms with Crippen LogP contribution in [0.2, 0.25) is 0 Å². The number of nitrogens with one attached hydrogen (secondary N) is 1. The molecule has 19 heavy (non-hydrogen) atoms. The van der Waals surface area contributed by atoms with Gasteiger partial charge in [0, 0.05) is 16.7 Å². The van der Waals surface area contributed by atoms with Crippen molar-refractivity contribution in [2.75, 3.05) is 11.1 Å². The van der Waals surface area contributed by atoms with Gasteiger partial charge in [-0.25, -0.2) is 9.97 Å². The monoisotopic (exact) mass is 272 g/mol. The molecule has 0 spiro atoms. The summed E-state index contributed by atoms with van der Waals surface area (Å²) in [4.78, 5) is 20.9. The number of nitrogens with two attached hydrogens (primary N) is 1. The van der Waals surface area contributed by atoms with Crippen molar-refractivity contribution < 1.29 is 4.79 Å². The Morgan fingerprint density at radius 1 is 1.37 bits per heavy atom. The van der Waals surface area contributed by atoms with E-state index in [1.54, 1.807) is 18.0 Å². The fourth-order valence-corrected chi connectivity index (χ4v) is 2.69. The molecule has 2 aromatic rings. The van der Waals surface area contributed by atoms with E-state index in [2.05, 4.69) is 15.3 Å². The Bertz CT molecular complexity index is 644.